The molecule has 18 heavy (non-hydrogen) atoms. The van der Waals surface area contributed by atoms with Gasteiger partial charge in [0, 0.05) is 23.6 Å². The van der Waals surface area contributed by atoms with Crippen LogP contribution in [0.25, 0.3) is 0 Å². The lowest BCUT2D eigenvalue weighted by molar-refractivity contribution is 0.515. The summed E-state index contributed by atoms with van der Waals surface area (Å²) >= 11 is 9.76. The summed E-state index contributed by atoms with van der Waals surface area (Å²) in [6, 6.07) is 6.97. The minimum atomic E-state index is 0.769. The van der Waals surface area contributed by atoms with Crippen molar-refractivity contribution in [3.63, 3.8) is 0 Å². The molecule has 1 aliphatic heterocycles. The number of nitrogens with zero attached hydrogens (tertiary/aromatic N) is 1. The Balaban J connectivity index is 1.59. The lowest BCUT2D eigenvalue weighted by atomic mass is 10.1. The van der Waals surface area contributed by atoms with E-state index in [4.69, 9.17) is 11.6 Å². The zero-order valence-electron chi connectivity index (χ0n) is 10.3. The van der Waals surface area contributed by atoms with Gasteiger partial charge in [-0.3, -0.25) is 0 Å². The molecule has 2 fully saturated rings. The zero-order chi connectivity index (χ0) is 12.5. The van der Waals surface area contributed by atoms with Gasteiger partial charge < -0.3 is 10.2 Å². The van der Waals surface area contributed by atoms with Crippen LogP contribution in [-0.2, 0) is 0 Å². The van der Waals surface area contributed by atoms with E-state index in [-0.39, 0.29) is 0 Å². The van der Waals surface area contributed by atoms with Gasteiger partial charge in [0.15, 0.2) is 0 Å². The van der Waals surface area contributed by atoms with Gasteiger partial charge in [-0.2, -0.15) is 0 Å². The maximum atomic E-state index is 6.31. The standard InChI is InChI=1S/C14H18BrClN2/c15-11-1-4-14(13(16)7-11)18-6-5-10(9-18)8-17-12-2-3-12/h1,4,7,10,12,17H,2-3,5-6,8-9H2. The summed E-state index contributed by atoms with van der Waals surface area (Å²) in [6.45, 7) is 3.41. The third kappa shape index (κ3) is 3.01. The molecule has 1 aromatic rings. The summed E-state index contributed by atoms with van der Waals surface area (Å²) in [6.07, 6.45) is 4.01. The van der Waals surface area contributed by atoms with Crippen molar-refractivity contribution < 1.29 is 0 Å². The van der Waals surface area contributed by atoms with Crippen LogP contribution < -0.4 is 10.2 Å². The molecule has 1 saturated carbocycles. The van der Waals surface area contributed by atoms with Crippen molar-refractivity contribution in [1.29, 1.82) is 0 Å². The lowest BCUT2D eigenvalue weighted by Gasteiger charge is -2.20. The number of rotatable bonds is 4. The summed E-state index contributed by atoms with van der Waals surface area (Å²) in [5, 5.41) is 4.47. The van der Waals surface area contributed by atoms with Gasteiger partial charge in [-0.1, -0.05) is 27.5 Å². The predicted octanol–water partition coefficient (Wildman–Crippen LogP) is 3.68. The first-order chi connectivity index (χ1) is 8.72. The van der Waals surface area contributed by atoms with Crippen LogP contribution in [0.4, 0.5) is 5.69 Å². The summed E-state index contributed by atoms with van der Waals surface area (Å²) in [5.41, 5.74) is 1.17. The minimum absolute atomic E-state index is 0.769. The molecule has 1 atom stereocenters. The van der Waals surface area contributed by atoms with Gasteiger partial charge in [-0.25, -0.2) is 0 Å². The average molecular weight is 330 g/mol. The fourth-order valence-corrected chi connectivity index (χ4v) is 3.37. The molecule has 2 nitrogen and oxygen atoms in total. The minimum Gasteiger partial charge on any atom is -0.370 e. The van der Waals surface area contributed by atoms with Crippen LogP contribution >= 0.6 is 27.5 Å². The van der Waals surface area contributed by atoms with Gasteiger partial charge in [0.2, 0.25) is 0 Å². The van der Waals surface area contributed by atoms with E-state index in [0.717, 1.165) is 41.1 Å². The summed E-state index contributed by atoms with van der Waals surface area (Å²) in [5.74, 6) is 0.769. The molecule has 1 saturated heterocycles. The van der Waals surface area contributed by atoms with Crippen LogP contribution in [0.1, 0.15) is 19.3 Å². The number of hydrogen-bond donors (Lipinski definition) is 1. The summed E-state index contributed by atoms with van der Waals surface area (Å²) < 4.78 is 1.04. The van der Waals surface area contributed by atoms with E-state index in [2.05, 4.69) is 38.3 Å². The Hall–Kier alpha value is -0.250. The van der Waals surface area contributed by atoms with Gasteiger partial charge in [-0.15, -0.1) is 0 Å². The molecule has 98 valence electrons. The first-order valence-electron chi connectivity index (χ1n) is 6.66. The van der Waals surface area contributed by atoms with Crippen LogP contribution in [-0.4, -0.2) is 25.7 Å². The number of anilines is 1. The molecule has 0 spiro atoms. The number of nitrogens with one attached hydrogen (secondary N) is 1. The highest BCUT2D eigenvalue weighted by molar-refractivity contribution is 9.10. The second-order valence-corrected chi connectivity index (χ2v) is 6.70. The van der Waals surface area contributed by atoms with E-state index in [0.29, 0.717) is 0 Å². The van der Waals surface area contributed by atoms with Gasteiger partial charge in [0.1, 0.15) is 0 Å². The van der Waals surface area contributed by atoms with Crippen molar-refractivity contribution in [2.75, 3.05) is 24.5 Å². The van der Waals surface area contributed by atoms with Crippen LogP contribution in [0.2, 0.25) is 5.02 Å². The first kappa shape index (κ1) is 12.8. The molecule has 3 rings (SSSR count). The number of halogens is 2. The van der Waals surface area contributed by atoms with E-state index >= 15 is 0 Å². The summed E-state index contributed by atoms with van der Waals surface area (Å²) in [4.78, 5) is 2.41. The quantitative estimate of drug-likeness (QED) is 0.906. The molecule has 1 aliphatic carbocycles. The third-order valence-electron chi connectivity index (χ3n) is 3.81. The molecule has 0 bridgehead atoms. The lowest BCUT2D eigenvalue weighted by Crippen LogP contribution is -2.27. The van der Waals surface area contributed by atoms with Crippen molar-refractivity contribution >= 4 is 33.2 Å². The van der Waals surface area contributed by atoms with Crippen molar-refractivity contribution in [2.24, 2.45) is 5.92 Å². The molecule has 4 heteroatoms. The van der Waals surface area contributed by atoms with Crippen LogP contribution in [0.5, 0.6) is 0 Å². The summed E-state index contributed by atoms with van der Waals surface area (Å²) in [7, 11) is 0. The second kappa shape index (κ2) is 5.40. The number of hydrogen-bond acceptors (Lipinski definition) is 2. The topological polar surface area (TPSA) is 15.3 Å². The zero-order valence-corrected chi connectivity index (χ0v) is 12.7. The SMILES string of the molecule is Clc1cc(Br)ccc1N1CCC(CNC2CC2)C1. The highest BCUT2D eigenvalue weighted by Gasteiger charge is 2.27. The van der Waals surface area contributed by atoms with Crippen molar-refractivity contribution in [1.82, 2.24) is 5.32 Å². The molecular formula is C14H18BrClN2. The van der Waals surface area contributed by atoms with Crippen LogP contribution in [0.3, 0.4) is 0 Å². The molecule has 1 aromatic carbocycles. The highest BCUT2D eigenvalue weighted by atomic mass is 79.9. The normalized spacial score (nSPS) is 23.7. The van der Waals surface area contributed by atoms with Crippen molar-refractivity contribution in [3.8, 4) is 0 Å². The molecular weight excluding hydrogens is 312 g/mol. The van der Waals surface area contributed by atoms with E-state index in [1.165, 1.54) is 24.9 Å². The molecule has 0 aromatic heterocycles. The van der Waals surface area contributed by atoms with E-state index in [1.807, 2.05) is 6.07 Å². The molecule has 1 unspecified atom stereocenters. The van der Waals surface area contributed by atoms with Gasteiger partial charge in [0.25, 0.3) is 0 Å². The van der Waals surface area contributed by atoms with Crippen molar-refractivity contribution in [3.05, 3.63) is 27.7 Å². The molecule has 0 radical (unpaired) electrons. The Morgan fingerprint density at radius 3 is 2.89 bits per heavy atom. The Labute approximate surface area is 122 Å². The maximum absolute atomic E-state index is 6.31. The van der Waals surface area contributed by atoms with E-state index in [1.54, 1.807) is 0 Å². The molecule has 2 aliphatic rings. The fourth-order valence-electron chi connectivity index (χ4n) is 2.58. The fraction of sp³-hybridized carbons (Fsp3) is 0.571. The van der Waals surface area contributed by atoms with Crippen molar-refractivity contribution in [2.45, 2.75) is 25.3 Å². The van der Waals surface area contributed by atoms with Crippen LogP contribution in [0, 0.1) is 5.92 Å². The van der Waals surface area contributed by atoms with Gasteiger partial charge in [-0.05, 0) is 49.9 Å². The second-order valence-electron chi connectivity index (χ2n) is 5.38. The molecule has 0 amide bonds. The smallest absolute Gasteiger partial charge is 0.0650 e. The van der Waals surface area contributed by atoms with Gasteiger partial charge in [0.05, 0.1) is 10.7 Å². The average Bonchev–Trinajstić information content (AvgIpc) is 3.05. The van der Waals surface area contributed by atoms with E-state index < -0.39 is 0 Å². The predicted molar refractivity (Wildman–Crippen MR) is 80.5 cm³/mol. The Morgan fingerprint density at radius 2 is 2.17 bits per heavy atom. The Morgan fingerprint density at radius 1 is 1.33 bits per heavy atom. The largest absolute Gasteiger partial charge is 0.370 e. The van der Waals surface area contributed by atoms with Crippen LogP contribution in [0.15, 0.2) is 22.7 Å². The highest BCUT2D eigenvalue weighted by Crippen LogP contribution is 2.32. The first-order valence-corrected chi connectivity index (χ1v) is 7.83. The van der Waals surface area contributed by atoms with E-state index in [9.17, 15) is 0 Å². The number of benzene rings is 1. The molecule has 1 N–H and O–H groups in total. The Kier molecular flexibility index (Phi) is 3.83. The van der Waals surface area contributed by atoms with Gasteiger partial charge >= 0.3 is 0 Å². The third-order valence-corrected chi connectivity index (χ3v) is 4.60. The maximum Gasteiger partial charge on any atom is 0.0650 e. The monoisotopic (exact) mass is 328 g/mol. The Bertz CT molecular complexity index is 434. The molecule has 1 heterocycles.